The minimum atomic E-state index is -1.21. The molecule has 1 unspecified atom stereocenters. The number of esters is 1. The Hall–Kier alpha value is -3.63. The standard InChI is InChI=1S/C40H65N7O8.H2/c1-11-33-40(7)35(47(38(51)55-40)18-13-12-17-46-23-32(43-44-46)29-15-14-16-30(41)19-29)28(5)42-21-25(2)20-39(6,52-10)36(53-24-31(48)22-45(8)9)26(3)34(49)27(4)37(50)54-33;/h14-16,19,23,25-28,31,33,35-36,42,48H,11-13,17-18,20-22,24,41H2,1-10H3;1H/t25-,26+,27-,28-,31?,33-,35-,36-,39-,40-;/m1./s1. The normalized spacial score (nSPS) is 31.7. The number of hydrogen-bond donors (Lipinski definition) is 3. The minimum Gasteiger partial charge on any atom is -0.458 e. The maximum absolute atomic E-state index is 14.1. The number of nitrogens with zero attached hydrogens (tertiary/aromatic N) is 5. The van der Waals surface area contributed by atoms with Crippen LogP contribution in [0.3, 0.4) is 0 Å². The van der Waals surface area contributed by atoms with Gasteiger partial charge in [-0.3, -0.25) is 19.2 Å². The number of Topliss-reactive ketones (excluding diaryl/α,β-unsaturated/α-hetero) is 1. The zero-order chi connectivity index (χ0) is 40.7. The quantitative estimate of drug-likeness (QED) is 0.115. The molecule has 2 aromatic rings. The first-order valence-electron chi connectivity index (χ1n) is 19.7. The lowest BCUT2D eigenvalue weighted by Crippen LogP contribution is -2.61. The highest BCUT2D eigenvalue weighted by Gasteiger charge is 2.58. The molecule has 55 heavy (non-hydrogen) atoms. The summed E-state index contributed by atoms with van der Waals surface area (Å²) in [6, 6.07) is 6.73. The number of anilines is 1. The number of carbonyl (C=O) groups is 3. The Labute approximate surface area is 328 Å². The van der Waals surface area contributed by atoms with Gasteiger partial charge in [0.15, 0.2) is 11.4 Å². The van der Waals surface area contributed by atoms with E-state index in [9.17, 15) is 19.5 Å². The van der Waals surface area contributed by atoms with Gasteiger partial charge in [0.1, 0.15) is 17.7 Å². The molecule has 0 spiro atoms. The third-order valence-electron chi connectivity index (χ3n) is 11.3. The van der Waals surface area contributed by atoms with Crippen molar-refractivity contribution in [1.82, 2.24) is 30.1 Å². The number of methoxy groups -OCH3 is 1. The van der Waals surface area contributed by atoms with E-state index in [0.717, 1.165) is 17.7 Å². The molecule has 2 fully saturated rings. The smallest absolute Gasteiger partial charge is 0.410 e. The first kappa shape index (κ1) is 44.1. The average Bonchev–Trinajstić information content (AvgIpc) is 3.71. The largest absolute Gasteiger partial charge is 0.458 e. The number of nitrogens with one attached hydrogen (secondary N) is 1. The highest BCUT2D eigenvalue weighted by atomic mass is 16.6. The molecule has 1 aromatic heterocycles. The van der Waals surface area contributed by atoms with Crippen LogP contribution >= 0.6 is 0 Å². The summed E-state index contributed by atoms with van der Waals surface area (Å²) < 4.78 is 26.6. The minimum absolute atomic E-state index is 0. The van der Waals surface area contributed by atoms with Gasteiger partial charge in [0.2, 0.25) is 0 Å². The third kappa shape index (κ3) is 10.6. The van der Waals surface area contributed by atoms with Crippen LogP contribution in [0.2, 0.25) is 0 Å². The summed E-state index contributed by atoms with van der Waals surface area (Å²) in [6.07, 6.45) is 1.28. The van der Waals surface area contributed by atoms with Gasteiger partial charge in [0.25, 0.3) is 0 Å². The summed E-state index contributed by atoms with van der Waals surface area (Å²) in [4.78, 5) is 45.2. The summed E-state index contributed by atoms with van der Waals surface area (Å²) in [5.41, 5.74) is 6.07. The second-order valence-corrected chi connectivity index (χ2v) is 16.3. The van der Waals surface area contributed by atoms with Crippen molar-refractivity contribution in [2.24, 2.45) is 17.8 Å². The van der Waals surface area contributed by atoms with Crippen LogP contribution in [0.5, 0.6) is 0 Å². The molecule has 3 heterocycles. The Bertz CT molecular complexity index is 1600. The molecule has 10 atom stereocenters. The Morgan fingerprint density at radius 3 is 2.51 bits per heavy atom. The van der Waals surface area contributed by atoms with Crippen LogP contribution in [0.1, 0.15) is 75.6 Å². The number of benzene rings is 1. The monoisotopic (exact) mass is 774 g/mol. The summed E-state index contributed by atoms with van der Waals surface area (Å²) >= 11 is 0. The van der Waals surface area contributed by atoms with Gasteiger partial charge in [-0.25, -0.2) is 4.79 Å². The number of ether oxygens (including phenoxy) is 4. The van der Waals surface area contributed by atoms with E-state index in [0.29, 0.717) is 51.1 Å². The van der Waals surface area contributed by atoms with Crippen LogP contribution < -0.4 is 11.1 Å². The van der Waals surface area contributed by atoms with E-state index in [4.69, 9.17) is 24.7 Å². The molecule has 0 bridgehead atoms. The van der Waals surface area contributed by atoms with Crippen LogP contribution in [0.15, 0.2) is 30.5 Å². The molecule has 310 valence electrons. The molecular formula is C40H67N7O8. The number of rotatable bonds is 13. The van der Waals surface area contributed by atoms with Crippen molar-refractivity contribution in [2.75, 3.05) is 53.2 Å². The molecule has 0 radical (unpaired) electrons. The molecule has 1 amide bonds. The van der Waals surface area contributed by atoms with Crippen molar-refractivity contribution in [3.8, 4) is 11.3 Å². The average molecular weight is 774 g/mol. The van der Waals surface area contributed by atoms with E-state index in [1.807, 2.05) is 77.2 Å². The van der Waals surface area contributed by atoms with Gasteiger partial charge in [-0.05, 0) is 92.1 Å². The van der Waals surface area contributed by atoms with Crippen molar-refractivity contribution in [2.45, 2.75) is 122 Å². The zero-order valence-electron chi connectivity index (χ0n) is 34.5. The first-order valence-corrected chi connectivity index (χ1v) is 19.7. The first-order chi connectivity index (χ1) is 25.9. The van der Waals surface area contributed by atoms with Crippen molar-refractivity contribution >= 4 is 23.5 Å². The number of aliphatic hydroxyl groups excluding tert-OH is 1. The van der Waals surface area contributed by atoms with Gasteiger partial charge in [-0.15, -0.1) is 5.10 Å². The van der Waals surface area contributed by atoms with E-state index in [-0.39, 0.29) is 25.8 Å². The number of aliphatic hydroxyl groups is 1. The van der Waals surface area contributed by atoms with E-state index < -0.39 is 59.5 Å². The number of carbonyl (C=O) groups excluding carboxylic acids is 3. The molecule has 0 aliphatic carbocycles. The van der Waals surface area contributed by atoms with Gasteiger partial charge in [0.05, 0.1) is 36.7 Å². The summed E-state index contributed by atoms with van der Waals surface area (Å²) in [5.74, 6) is -2.92. The van der Waals surface area contributed by atoms with Crippen LogP contribution in [0, 0.1) is 17.8 Å². The topological polar surface area (TPSA) is 184 Å². The van der Waals surface area contributed by atoms with Gasteiger partial charge in [-0.1, -0.05) is 38.1 Å². The van der Waals surface area contributed by atoms with Crippen molar-refractivity contribution in [3.63, 3.8) is 0 Å². The fraction of sp³-hybridized carbons (Fsp3) is 0.725. The number of nitrogen functional groups attached to an aromatic ring is 1. The number of cyclic esters (lactones) is 1. The van der Waals surface area contributed by atoms with E-state index in [2.05, 4.69) is 22.6 Å². The fourth-order valence-electron chi connectivity index (χ4n) is 8.40. The molecule has 0 saturated carbocycles. The second-order valence-electron chi connectivity index (χ2n) is 16.3. The third-order valence-corrected chi connectivity index (χ3v) is 11.3. The van der Waals surface area contributed by atoms with Gasteiger partial charge < -0.3 is 40.0 Å². The lowest BCUT2D eigenvalue weighted by molar-refractivity contribution is -0.177. The summed E-state index contributed by atoms with van der Waals surface area (Å²) in [7, 11) is 5.32. The zero-order valence-corrected chi connectivity index (χ0v) is 34.5. The van der Waals surface area contributed by atoms with Crippen LogP contribution in [-0.2, 0) is 35.1 Å². The number of nitrogens with two attached hydrogens (primary N) is 1. The van der Waals surface area contributed by atoms with Crippen molar-refractivity contribution in [1.29, 1.82) is 0 Å². The van der Waals surface area contributed by atoms with Gasteiger partial charge >= 0.3 is 12.1 Å². The van der Waals surface area contributed by atoms with Crippen LogP contribution in [0.25, 0.3) is 11.3 Å². The maximum atomic E-state index is 14.1. The summed E-state index contributed by atoms with van der Waals surface area (Å²) in [6.45, 7) is 15.0. The molecule has 2 aliphatic rings. The Morgan fingerprint density at radius 1 is 1.15 bits per heavy atom. The van der Waals surface area contributed by atoms with Gasteiger partial charge in [0, 0.05) is 51.4 Å². The van der Waals surface area contributed by atoms with Crippen LogP contribution in [-0.4, -0.2) is 137 Å². The van der Waals surface area contributed by atoms with E-state index in [1.165, 1.54) is 0 Å². The number of unbranched alkanes of at least 4 members (excludes halogenated alkanes) is 1. The highest BCUT2D eigenvalue weighted by Crippen LogP contribution is 2.39. The van der Waals surface area contributed by atoms with E-state index in [1.54, 1.807) is 30.5 Å². The Morgan fingerprint density at radius 2 is 1.85 bits per heavy atom. The Kier molecular flexibility index (Phi) is 15.2. The number of hydrogen-bond acceptors (Lipinski definition) is 13. The molecule has 1 aromatic carbocycles. The van der Waals surface area contributed by atoms with Gasteiger partial charge in [-0.2, -0.15) is 0 Å². The van der Waals surface area contributed by atoms with Crippen molar-refractivity contribution < 1.29 is 39.9 Å². The number of fused-ring (bicyclic) bond motifs is 1. The fourth-order valence-corrected chi connectivity index (χ4v) is 8.40. The maximum Gasteiger partial charge on any atom is 0.410 e. The Balaban J connectivity index is 0.00000841. The molecule has 15 heteroatoms. The lowest BCUT2D eigenvalue weighted by atomic mass is 9.78. The number of ketones is 1. The predicted molar refractivity (Wildman–Crippen MR) is 211 cm³/mol. The number of aryl methyl sites for hydroxylation is 1. The molecule has 2 saturated heterocycles. The summed E-state index contributed by atoms with van der Waals surface area (Å²) in [5, 5.41) is 22.9. The SMILES string of the molecule is CC[C@H]1OC(=O)[C@H](C)C(=O)[C@H](C)[C@@H](OCC(O)CN(C)C)[C@](C)(OC)C[C@@H](C)CN[C@H](C)[C@H]2N(CCCCn3cc(-c4cccc(N)c4)nn3)C(=O)O[C@]12C.[HH]. The van der Waals surface area contributed by atoms with E-state index >= 15 is 0 Å². The number of amides is 1. The molecular weight excluding hydrogens is 706 g/mol. The molecule has 4 rings (SSSR count). The molecule has 2 aliphatic heterocycles. The van der Waals surface area contributed by atoms with Crippen LogP contribution in [0.4, 0.5) is 10.5 Å². The molecule has 15 nitrogen and oxygen atoms in total. The lowest BCUT2D eigenvalue weighted by Gasteiger charge is -2.42. The number of aromatic nitrogens is 3. The number of likely N-dealkylation sites (N-methyl/N-ethyl adjacent to an activating group) is 1. The molecule has 4 N–H and O–H groups in total. The van der Waals surface area contributed by atoms with Crippen molar-refractivity contribution in [3.05, 3.63) is 30.5 Å². The highest BCUT2D eigenvalue weighted by molar-refractivity contribution is 6.00. The second kappa shape index (κ2) is 19.0. The predicted octanol–water partition coefficient (Wildman–Crippen LogP) is 4.03.